The number of fused-ring (bicyclic) bond motifs is 4. The topological polar surface area (TPSA) is 33.5 Å². The van der Waals surface area contributed by atoms with E-state index in [1.807, 2.05) is 6.20 Å². The monoisotopic (exact) mass is 754 g/mol. The van der Waals surface area contributed by atoms with E-state index < -0.39 is 0 Å². The number of hydrogen-bond donors (Lipinski definition) is 0. The summed E-state index contributed by atoms with van der Waals surface area (Å²) in [5.74, 6) is 2.57. The molecule has 57 heavy (non-hydrogen) atoms. The van der Waals surface area contributed by atoms with E-state index in [0.717, 1.165) is 59.7 Å². The van der Waals surface area contributed by atoms with Crippen LogP contribution in [-0.4, -0.2) is 16.2 Å². The van der Waals surface area contributed by atoms with Crippen LogP contribution in [0, 0.1) is 0 Å². The first-order chi connectivity index (χ1) is 27.4. The number of para-hydroxylation sites is 3. The molecule has 2 aromatic heterocycles. The van der Waals surface area contributed by atoms with E-state index in [-0.39, 0.29) is 16.2 Å². The van der Waals surface area contributed by atoms with Crippen LogP contribution in [-0.2, 0) is 16.2 Å². The molecule has 5 heteroatoms. The maximum atomic E-state index is 6.99. The molecule has 5 nitrogen and oxygen atoms in total. The van der Waals surface area contributed by atoms with Gasteiger partial charge in [-0.1, -0.05) is 105 Å². The maximum absolute atomic E-state index is 6.99. The van der Waals surface area contributed by atoms with Crippen molar-refractivity contribution in [2.24, 2.45) is 0 Å². The summed E-state index contributed by atoms with van der Waals surface area (Å²) in [4.78, 5) is 9.85. The van der Waals surface area contributed by atoms with E-state index in [1.165, 1.54) is 44.5 Å². The van der Waals surface area contributed by atoms with Gasteiger partial charge in [0.25, 0.3) is 0 Å². The number of nitrogens with zero attached hydrogens (tertiary/aromatic N) is 4. The van der Waals surface area contributed by atoms with Crippen LogP contribution >= 0.6 is 0 Å². The Morgan fingerprint density at radius 2 is 1.16 bits per heavy atom. The van der Waals surface area contributed by atoms with Gasteiger partial charge in [0, 0.05) is 40.5 Å². The molecule has 0 amide bonds. The minimum absolute atomic E-state index is 0.00731. The number of rotatable bonds is 11. The van der Waals surface area contributed by atoms with E-state index in [1.54, 1.807) is 0 Å². The highest BCUT2D eigenvalue weighted by Gasteiger charge is 2.31. The summed E-state index contributed by atoms with van der Waals surface area (Å²) in [6.07, 6.45) is 6.17. The van der Waals surface area contributed by atoms with Crippen LogP contribution in [0.1, 0.15) is 105 Å². The first-order valence-corrected chi connectivity index (χ1v) is 21.0. The molecule has 0 bridgehead atoms. The predicted molar refractivity (Wildman–Crippen MR) is 242 cm³/mol. The van der Waals surface area contributed by atoms with Crippen LogP contribution in [0.25, 0.3) is 27.6 Å². The molecular formula is C52H58N4O. The summed E-state index contributed by atoms with van der Waals surface area (Å²) < 4.78 is 9.30. The summed E-state index contributed by atoms with van der Waals surface area (Å²) in [6.45, 7) is 21.4. The molecule has 0 saturated carbocycles. The fourth-order valence-electron chi connectivity index (χ4n) is 8.57. The molecule has 1 aliphatic rings. The van der Waals surface area contributed by atoms with Crippen LogP contribution in [0.5, 0.6) is 11.5 Å². The van der Waals surface area contributed by atoms with Crippen molar-refractivity contribution < 1.29 is 4.74 Å². The Morgan fingerprint density at radius 3 is 1.86 bits per heavy atom. The van der Waals surface area contributed by atoms with Gasteiger partial charge in [0.15, 0.2) is 0 Å². The summed E-state index contributed by atoms with van der Waals surface area (Å²) in [7, 11) is 0. The number of pyridine rings is 1. The van der Waals surface area contributed by atoms with Crippen LogP contribution in [0.2, 0.25) is 0 Å². The Kier molecular flexibility index (Phi) is 9.92. The standard InChI is InChI=1S/C52H58N4O/c1-10-51(8,11-2)37-27-28-53-49(32-37)56-45-22-15-14-21-43(45)44-26-25-41(34-48(44)56)57-42-31-38(52(9,12-3)13-4)30-40(33-42)55-35-54(46-23-16-17-24-47(46)55)39-20-18-19-36(29-39)50(5,6)7/h14-34H,10-13,35H2,1-9H3. The Morgan fingerprint density at radius 1 is 0.526 bits per heavy atom. The summed E-state index contributed by atoms with van der Waals surface area (Å²) >= 11 is 0. The van der Waals surface area contributed by atoms with Crippen molar-refractivity contribution in [2.45, 2.75) is 104 Å². The second-order valence-electron chi connectivity index (χ2n) is 17.6. The number of ether oxygens (including phenoxy) is 1. The molecule has 0 fully saturated rings. The highest BCUT2D eigenvalue weighted by molar-refractivity contribution is 6.09. The lowest BCUT2D eigenvalue weighted by Gasteiger charge is -2.30. The van der Waals surface area contributed by atoms with Crippen molar-refractivity contribution in [1.82, 2.24) is 9.55 Å². The van der Waals surface area contributed by atoms with E-state index in [9.17, 15) is 0 Å². The second kappa shape index (κ2) is 14.8. The molecule has 0 spiro atoms. The third-order valence-corrected chi connectivity index (χ3v) is 13.3. The van der Waals surface area contributed by atoms with Gasteiger partial charge in [0.05, 0.1) is 22.4 Å². The quantitative estimate of drug-likeness (QED) is 0.132. The van der Waals surface area contributed by atoms with Gasteiger partial charge in [-0.3, -0.25) is 4.57 Å². The highest BCUT2D eigenvalue weighted by atomic mass is 16.5. The van der Waals surface area contributed by atoms with Gasteiger partial charge in [0.2, 0.25) is 0 Å². The van der Waals surface area contributed by atoms with Crippen molar-refractivity contribution in [3.63, 3.8) is 0 Å². The Bertz CT molecular complexity index is 2570. The van der Waals surface area contributed by atoms with Crippen LogP contribution in [0.15, 0.2) is 128 Å². The lowest BCUT2D eigenvalue weighted by molar-refractivity contribution is 0.432. The van der Waals surface area contributed by atoms with Gasteiger partial charge in [-0.05, 0) is 125 Å². The molecule has 7 aromatic rings. The zero-order valence-corrected chi connectivity index (χ0v) is 35.4. The normalized spacial score (nSPS) is 13.5. The molecule has 1 aliphatic heterocycles. The van der Waals surface area contributed by atoms with Gasteiger partial charge < -0.3 is 14.5 Å². The largest absolute Gasteiger partial charge is 0.457 e. The fourth-order valence-corrected chi connectivity index (χ4v) is 8.57. The maximum Gasteiger partial charge on any atom is 0.137 e. The van der Waals surface area contributed by atoms with Gasteiger partial charge >= 0.3 is 0 Å². The molecule has 8 rings (SSSR count). The SMILES string of the molecule is CCC(C)(CC)c1cc(Oc2ccc3c4ccccc4n(-c4cc(C(C)(CC)CC)ccn4)c3c2)cc(N2CN(c3cccc(C(C)(C)C)c3)c3ccccc32)c1. The zero-order chi connectivity index (χ0) is 40.1. The third kappa shape index (κ3) is 6.85. The summed E-state index contributed by atoms with van der Waals surface area (Å²) in [5, 5.41) is 2.39. The number of benzene rings is 5. The first-order valence-electron chi connectivity index (χ1n) is 21.0. The van der Waals surface area contributed by atoms with Gasteiger partial charge in [0.1, 0.15) is 24.0 Å². The number of anilines is 4. The van der Waals surface area contributed by atoms with Crippen molar-refractivity contribution in [1.29, 1.82) is 0 Å². The number of hydrogen-bond acceptors (Lipinski definition) is 4. The van der Waals surface area contributed by atoms with Crippen LogP contribution in [0.4, 0.5) is 22.7 Å². The van der Waals surface area contributed by atoms with E-state index in [2.05, 4.69) is 198 Å². The van der Waals surface area contributed by atoms with Gasteiger partial charge in [-0.15, -0.1) is 0 Å². The Labute approximate surface area is 339 Å². The van der Waals surface area contributed by atoms with Crippen molar-refractivity contribution >= 4 is 44.6 Å². The lowest BCUT2D eigenvalue weighted by atomic mass is 9.77. The molecule has 5 aromatic carbocycles. The summed E-state index contributed by atoms with van der Waals surface area (Å²) in [6, 6.07) is 44.3. The van der Waals surface area contributed by atoms with Gasteiger partial charge in [-0.25, -0.2) is 4.98 Å². The third-order valence-electron chi connectivity index (χ3n) is 13.3. The van der Waals surface area contributed by atoms with Crippen molar-refractivity contribution in [3.8, 4) is 17.3 Å². The lowest BCUT2D eigenvalue weighted by Crippen LogP contribution is -2.25. The zero-order valence-electron chi connectivity index (χ0n) is 35.4. The predicted octanol–water partition coefficient (Wildman–Crippen LogP) is 14.7. The summed E-state index contributed by atoms with van der Waals surface area (Å²) in [5.41, 5.74) is 11.0. The minimum Gasteiger partial charge on any atom is -0.457 e. The van der Waals surface area contributed by atoms with Crippen LogP contribution in [0.3, 0.4) is 0 Å². The molecule has 0 atom stereocenters. The van der Waals surface area contributed by atoms with Crippen molar-refractivity contribution in [2.75, 3.05) is 16.5 Å². The van der Waals surface area contributed by atoms with Crippen molar-refractivity contribution in [3.05, 3.63) is 144 Å². The Balaban J connectivity index is 1.23. The first kappa shape index (κ1) is 38.3. The molecule has 0 saturated heterocycles. The average molecular weight is 755 g/mol. The fraction of sp³-hybridized carbons (Fsp3) is 0.327. The molecule has 0 unspecified atom stereocenters. The molecule has 0 N–H and O–H groups in total. The van der Waals surface area contributed by atoms with E-state index >= 15 is 0 Å². The minimum atomic E-state index is -0.00731. The highest BCUT2D eigenvalue weighted by Crippen LogP contribution is 2.47. The average Bonchev–Trinajstić information content (AvgIpc) is 3.79. The Hall–Kier alpha value is -5.55. The molecular weight excluding hydrogens is 697 g/mol. The van der Waals surface area contributed by atoms with E-state index in [0.29, 0.717) is 6.67 Å². The van der Waals surface area contributed by atoms with Crippen LogP contribution < -0.4 is 14.5 Å². The molecule has 3 heterocycles. The molecule has 0 radical (unpaired) electrons. The smallest absolute Gasteiger partial charge is 0.137 e. The van der Waals surface area contributed by atoms with Gasteiger partial charge in [-0.2, -0.15) is 0 Å². The number of aromatic nitrogens is 2. The second-order valence-corrected chi connectivity index (χ2v) is 17.6. The molecule has 0 aliphatic carbocycles. The molecule has 292 valence electrons. The van der Waals surface area contributed by atoms with E-state index in [4.69, 9.17) is 9.72 Å².